The number of rotatable bonds is 5. The highest BCUT2D eigenvalue weighted by molar-refractivity contribution is 7.91. The Balaban J connectivity index is 1.78. The Kier molecular flexibility index (Phi) is 5.27. The first-order valence-corrected chi connectivity index (χ1v) is 10.4. The predicted molar refractivity (Wildman–Crippen MR) is 102 cm³/mol. The monoisotopic (exact) mass is 374 g/mol. The molecule has 0 radical (unpaired) electrons. The molecule has 138 valence electrons. The van der Waals surface area contributed by atoms with Crippen LogP contribution in [0, 0.1) is 5.92 Å². The minimum Gasteiger partial charge on any atom is -0.497 e. The summed E-state index contributed by atoms with van der Waals surface area (Å²) >= 11 is 0. The molecule has 1 fully saturated rings. The van der Waals surface area contributed by atoms with E-state index in [4.69, 9.17) is 4.74 Å². The van der Waals surface area contributed by atoms with Crippen LogP contribution in [0.2, 0.25) is 0 Å². The van der Waals surface area contributed by atoms with Crippen LogP contribution >= 0.6 is 0 Å². The van der Waals surface area contributed by atoms with Crippen LogP contribution in [0.3, 0.4) is 0 Å². The third-order valence-electron chi connectivity index (χ3n) is 4.62. The minimum atomic E-state index is -3.09. The molecule has 1 aliphatic heterocycles. The summed E-state index contributed by atoms with van der Waals surface area (Å²) in [6.45, 7) is 1.96. The van der Waals surface area contributed by atoms with Gasteiger partial charge in [0.15, 0.2) is 9.84 Å². The average molecular weight is 374 g/mol. The molecule has 1 heterocycles. The second kappa shape index (κ2) is 7.45. The maximum atomic E-state index is 12.2. The molecule has 0 saturated carbocycles. The van der Waals surface area contributed by atoms with Crippen LogP contribution in [0.15, 0.2) is 41.5 Å². The van der Waals surface area contributed by atoms with Crippen molar-refractivity contribution in [3.8, 4) is 5.75 Å². The van der Waals surface area contributed by atoms with Gasteiger partial charge in [-0.05, 0) is 47.4 Å². The second-order valence-electron chi connectivity index (χ2n) is 6.42. The third kappa shape index (κ3) is 4.04. The van der Waals surface area contributed by atoms with Gasteiger partial charge in [0, 0.05) is 0 Å². The van der Waals surface area contributed by atoms with E-state index in [2.05, 4.69) is 10.5 Å². The van der Waals surface area contributed by atoms with Crippen LogP contribution in [-0.4, -0.2) is 38.7 Å². The summed E-state index contributed by atoms with van der Waals surface area (Å²) in [7, 11) is -1.45. The van der Waals surface area contributed by atoms with Gasteiger partial charge in [-0.1, -0.05) is 25.1 Å². The molecule has 2 aromatic carbocycles. The number of hydrogen-bond donors (Lipinski definition) is 1. The summed E-state index contributed by atoms with van der Waals surface area (Å²) in [5.41, 5.74) is 4.21. The van der Waals surface area contributed by atoms with Crippen molar-refractivity contribution in [1.82, 2.24) is 5.43 Å². The van der Waals surface area contributed by atoms with Crippen LogP contribution < -0.4 is 10.2 Å². The summed E-state index contributed by atoms with van der Waals surface area (Å²) < 4.78 is 28.2. The number of hydrogen-bond acceptors (Lipinski definition) is 5. The van der Waals surface area contributed by atoms with Crippen molar-refractivity contribution < 1.29 is 17.9 Å². The standard InChI is InChI=1S/C19H22N2O4S/c1-3-18(20-21-19(22)16-8-9-26(23,24)12-16)15-5-4-14-11-17(25-2)7-6-13(14)10-15/h4-7,10-11,16H,3,8-9,12H2,1-2H3,(H,21,22)/b20-18-/t16-/m1/s1. The van der Waals surface area contributed by atoms with Gasteiger partial charge in [0.1, 0.15) is 5.75 Å². The number of hydrazone groups is 1. The number of ether oxygens (including phenoxy) is 1. The number of nitrogens with one attached hydrogen (secondary N) is 1. The van der Waals surface area contributed by atoms with Crippen molar-refractivity contribution in [2.75, 3.05) is 18.6 Å². The van der Waals surface area contributed by atoms with Crippen molar-refractivity contribution >= 4 is 32.2 Å². The van der Waals surface area contributed by atoms with Crippen molar-refractivity contribution in [2.45, 2.75) is 19.8 Å². The number of nitrogens with zero attached hydrogens (tertiary/aromatic N) is 1. The number of sulfone groups is 1. The Bertz CT molecular complexity index is 967. The van der Waals surface area contributed by atoms with Crippen molar-refractivity contribution in [2.24, 2.45) is 11.0 Å². The maximum Gasteiger partial charge on any atom is 0.244 e. The number of benzene rings is 2. The number of carbonyl (C=O) groups is 1. The highest BCUT2D eigenvalue weighted by Crippen LogP contribution is 2.23. The molecular weight excluding hydrogens is 352 g/mol. The van der Waals surface area contributed by atoms with E-state index in [0.717, 1.165) is 27.8 Å². The largest absolute Gasteiger partial charge is 0.497 e. The maximum absolute atomic E-state index is 12.2. The normalized spacial score (nSPS) is 19.5. The molecule has 0 aromatic heterocycles. The van der Waals surface area contributed by atoms with Gasteiger partial charge >= 0.3 is 0 Å². The van der Waals surface area contributed by atoms with E-state index in [1.165, 1.54) is 0 Å². The molecule has 3 rings (SSSR count). The summed E-state index contributed by atoms with van der Waals surface area (Å²) in [4.78, 5) is 12.2. The molecule has 0 unspecified atom stereocenters. The summed E-state index contributed by atoms with van der Waals surface area (Å²) in [5, 5.41) is 6.36. The molecule has 0 spiro atoms. The topological polar surface area (TPSA) is 84.8 Å². The van der Waals surface area contributed by atoms with E-state index >= 15 is 0 Å². The first-order valence-electron chi connectivity index (χ1n) is 8.57. The lowest BCUT2D eigenvalue weighted by atomic mass is 10.0. The first-order chi connectivity index (χ1) is 12.4. The zero-order valence-electron chi connectivity index (χ0n) is 14.9. The van der Waals surface area contributed by atoms with E-state index in [9.17, 15) is 13.2 Å². The Morgan fingerprint density at radius 1 is 1.23 bits per heavy atom. The minimum absolute atomic E-state index is 0.0730. The zero-order chi connectivity index (χ0) is 18.7. The van der Waals surface area contributed by atoms with E-state index in [0.29, 0.717) is 12.8 Å². The third-order valence-corrected chi connectivity index (χ3v) is 6.39. The SMILES string of the molecule is CC/C(=N/NC(=O)[C@@H]1CCS(=O)(=O)C1)c1ccc2cc(OC)ccc2c1. The van der Waals surface area contributed by atoms with Gasteiger partial charge < -0.3 is 4.74 Å². The van der Waals surface area contributed by atoms with Gasteiger partial charge in [0.2, 0.25) is 5.91 Å². The van der Waals surface area contributed by atoms with Gasteiger partial charge in [-0.3, -0.25) is 4.79 Å². The van der Waals surface area contributed by atoms with Crippen LogP contribution in [0.5, 0.6) is 5.75 Å². The molecular formula is C19H22N2O4S. The smallest absolute Gasteiger partial charge is 0.244 e. The van der Waals surface area contributed by atoms with Gasteiger partial charge in [-0.2, -0.15) is 5.10 Å². The fourth-order valence-corrected chi connectivity index (χ4v) is 4.84. The number of methoxy groups -OCH3 is 1. The Labute approximate surface area is 153 Å². The molecule has 1 amide bonds. The van der Waals surface area contributed by atoms with Crippen LogP contribution in [-0.2, 0) is 14.6 Å². The molecule has 2 aromatic rings. The van der Waals surface area contributed by atoms with Crippen molar-refractivity contribution in [1.29, 1.82) is 0 Å². The molecule has 1 N–H and O–H groups in total. The highest BCUT2D eigenvalue weighted by atomic mass is 32.2. The summed E-state index contributed by atoms with van der Waals surface area (Å²) in [6.07, 6.45) is 1.01. The lowest BCUT2D eigenvalue weighted by Gasteiger charge is -2.09. The molecule has 26 heavy (non-hydrogen) atoms. The molecule has 1 saturated heterocycles. The van der Waals surface area contributed by atoms with E-state index in [1.54, 1.807) is 7.11 Å². The molecule has 0 bridgehead atoms. The lowest BCUT2D eigenvalue weighted by Crippen LogP contribution is -2.28. The van der Waals surface area contributed by atoms with E-state index in [-0.39, 0.29) is 17.4 Å². The van der Waals surface area contributed by atoms with Gasteiger partial charge in [-0.15, -0.1) is 0 Å². The predicted octanol–water partition coefficient (Wildman–Crippen LogP) is 2.51. The van der Waals surface area contributed by atoms with Gasteiger partial charge in [0.25, 0.3) is 0 Å². The van der Waals surface area contributed by atoms with Crippen molar-refractivity contribution in [3.63, 3.8) is 0 Å². The van der Waals surface area contributed by atoms with Gasteiger partial charge in [0.05, 0.1) is 30.2 Å². The number of carbonyl (C=O) groups excluding carboxylic acids is 1. The fraction of sp³-hybridized carbons (Fsp3) is 0.368. The van der Waals surface area contributed by atoms with Crippen LogP contribution in [0.4, 0.5) is 0 Å². The summed E-state index contributed by atoms with van der Waals surface area (Å²) in [6, 6.07) is 11.8. The van der Waals surface area contributed by atoms with Crippen LogP contribution in [0.1, 0.15) is 25.3 Å². The van der Waals surface area contributed by atoms with Crippen molar-refractivity contribution in [3.05, 3.63) is 42.0 Å². The van der Waals surface area contributed by atoms with Gasteiger partial charge in [-0.25, -0.2) is 13.8 Å². The molecule has 0 aliphatic carbocycles. The Hall–Kier alpha value is -2.41. The quantitative estimate of drug-likeness (QED) is 0.644. The zero-order valence-corrected chi connectivity index (χ0v) is 15.7. The Morgan fingerprint density at radius 3 is 2.62 bits per heavy atom. The van der Waals surface area contributed by atoms with Crippen LogP contribution in [0.25, 0.3) is 10.8 Å². The lowest BCUT2D eigenvalue weighted by molar-refractivity contribution is -0.124. The number of fused-ring (bicyclic) bond motifs is 1. The fourth-order valence-electron chi connectivity index (χ4n) is 3.09. The van der Waals surface area contributed by atoms with E-state index < -0.39 is 15.8 Å². The summed E-state index contributed by atoms with van der Waals surface area (Å²) in [5.74, 6) is -0.0566. The van der Waals surface area contributed by atoms with E-state index in [1.807, 2.05) is 43.3 Å². The molecule has 1 atom stereocenters. The number of amides is 1. The Morgan fingerprint density at radius 2 is 1.96 bits per heavy atom. The highest BCUT2D eigenvalue weighted by Gasteiger charge is 2.32. The molecule has 1 aliphatic rings. The first kappa shape index (κ1) is 18.4. The second-order valence-corrected chi connectivity index (χ2v) is 8.64. The molecule has 6 nitrogen and oxygen atoms in total. The average Bonchev–Trinajstić information content (AvgIpc) is 3.01. The molecule has 7 heteroatoms.